The lowest BCUT2D eigenvalue weighted by Crippen LogP contribution is -2.45. The monoisotopic (exact) mass is 361 g/mol. The number of thioether (sulfide) groups is 1. The van der Waals surface area contributed by atoms with Crippen LogP contribution >= 0.6 is 11.8 Å². The number of hydrogen-bond acceptors (Lipinski definition) is 4. The van der Waals surface area contributed by atoms with Crippen molar-refractivity contribution >= 4 is 17.7 Å². The maximum atomic E-state index is 12.4. The van der Waals surface area contributed by atoms with Gasteiger partial charge in [0.1, 0.15) is 0 Å². The fourth-order valence-corrected chi connectivity index (χ4v) is 4.84. The second-order valence-corrected chi connectivity index (χ2v) is 8.36. The Morgan fingerprint density at radius 2 is 2.04 bits per heavy atom. The predicted octanol–water partition coefficient (Wildman–Crippen LogP) is 2.64. The van der Waals surface area contributed by atoms with Gasteiger partial charge in [0.2, 0.25) is 5.91 Å². The summed E-state index contributed by atoms with van der Waals surface area (Å²) in [6, 6.07) is 11.5. The quantitative estimate of drug-likeness (QED) is 0.784. The van der Waals surface area contributed by atoms with E-state index < -0.39 is 0 Å². The highest BCUT2D eigenvalue weighted by Gasteiger charge is 2.27. The van der Waals surface area contributed by atoms with E-state index in [2.05, 4.69) is 52.1 Å². The summed E-state index contributed by atoms with van der Waals surface area (Å²) in [5.41, 5.74) is 1.37. The van der Waals surface area contributed by atoms with E-state index in [-0.39, 0.29) is 5.91 Å². The van der Waals surface area contributed by atoms with Crippen LogP contribution in [0, 0.1) is 0 Å². The van der Waals surface area contributed by atoms with Crippen molar-refractivity contribution in [2.24, 2.45) is 0 Å². The molecule has 2 fully saturated rings. The molecule has 0 spiro atoms. The minimum atomic E-state index is 0.231. The lowest BCUT2D eigenvalue weighted by molar-refractivity contribution is -0.122. The number of piperidine rings is 1. The maximum absolute atomic E-state index is 12.4. The van der Waals surface area contributed by atoms with Gasteiger partial charge in [-0.05, 0) is 44.0 Å². The minimum Gasteiger partial charge on any atom is -0.353 e. The molecule has 3 rings (SSSR count). The topological polar surface area (TPSA) is 44.4 Å². The van der Waals surface area contributed by atoms with Gasteiger partial charge in [-0.1, -0.05) is 30.3 Å². The maximum Gasteiger partial charge on any atom is 0.221 e. The Kier molecular flexibility index (Phi) is 7.20. The van der Waals surface area contributed by atoms with Gasteiger partial charge in [-0.25, -0.2) is 0 Å². The summed E-state index contributed by atoms with van der Waals surface area (Å²) in [5, 5.41) is 7.23. The largest absolute Gasteiger partial charge is 0.353 e. The van der Waals surface area contributed by atoms with Crippen LogP contribution in [-0.2, 0) is 11.3 Å². The molecule has 1 amide bonds. The number of nitrogens with zero attached hydrogens (tertiary/aromatic N) is 1. The van der Waals surface area contributed by atoms with Gasteiger partial charge in [0.15, 0.2) is 0 Å². The van der Waals surface area contributed by atoms with Gasteiger partial charge in [-0.15, -0.1) is 0 Å². The first-order chi connectivity index (χ1) is 12.2. The standard InChI is InChI=1S/C20H31N3OS/c1-25-19(18-8-5-11-21-18)14-20(24)22-17-9-12-23(13-10-17)15-16-6-3-2-4-7-16/h2-4,6-7,17-19,21H,5,8-15H2,1H3,(H,22,24). The first kappa shape index (κ1) is 18.7. The fraction of sp³-hybridized carbons (Fsp3) is 0.650. The van der Waals surface area contributed by atoms with Gasteiger partial charge in [0, 0.05) is 43.4 Å². The fourth-order valence-electron chi connectivity index (χ4n) is 3.97. The van der Waals surface area contributed by atoms with E-state index in [4.69, 9.17) is 0 Å². The molecule has 0 saturated carbocycles. The van der Waals surface area contributed by atoms with E-state index in [9.17, 15) is 4.79 Å². The van der Waals surface area contributed by atoms with Crippen molar-refractivity contribution in [2.75, 3.05) is 25.9 Å². The first-order valence-electron chi connectivity index (χ1n) is 9.56. The van der Waals surface area contributed by atoms with Gasteiger partial charge >= 0.3 is 0 Å². The van der Waals surface area contributed by atoms with Crippen LogP contribution < -0.4 is 10.6 Å². The van der Waals surface area contributed by atoms with Gasteiger partial charge in [0.05, 0.1) is 0 Å². The summed E-state index contributed by atoms with van der Waals surface area (Å²) in [7, 11) is 0. The third kappa shape index (κ3) is 5.73. The Labute approximate surface area is 156 Å². The third-order valence-corrected chi connectivity index (χ3v) is 6.54. The van der Waals surface area contributed by atoms with Crippen molar-refractivity contribution in [1.82, 2.24) is 15.5 Å². The SMILES string of the molecule is CSC(CC(=O)NC1CCN(Cc2ccccc2)CC1)C1CCCN1. The highest BCUT2D eigenvalue weighted by molar-refractivity contribution is 7.99. The van der Waals surface area contributed by atoms with Crippen molar-refractivity contribution < 1.29 is 4.79 Å². The summed E-state index contributed by atoms with van der Waals surface area (Å²) >= 11 is 1.83. The minimum absolute atomic E-state index is 0.231. The van der Waals surface area contributed by atoms with E-state index in [0.717, 1.165) is 39.0 Å². The van der Waals surface area contributed by atoms with Crippen molar-refractivity contribution in [3.8, 4) is 0 Å². The van der Waals surface area contributed by atoms with Crippen LogP contribution in [0.3, 0.4) is 0 Å². The Morgan fingerprint density at radius 1 is 1.28 bits per heavy atom. The zero-order valence-corrected chi connectivity index (χ0v) is 16.1. The number of carbonyl (C=O) groups is 1. The molecule has 2 aliphatic rings. The molecule has 25 heavy (non-hydrogen) atoms. The molecule has 2 atom stereocenters. The van der Waals surface area contributed by atoms with Crippen LogP contribution in [-0.4, -0.2) is 54.0 Å². The van der Waals surface area contributed by atoms with Crippen molar-refractivity contribution in [2.45, 2.75) is 56.0 Å². The third-order valence-electron chi connectivity index (χ3n) is 5.44. The molecular formula is C20H31N3OS. The molecule has 2 saturated heterocycles. The Balaban J connectivity index is 1.38. The zero-order valence-electron chi connectivity index (χ0n) is 15.2. The molecule has 138 valence electrons. The van der Waals surface area contributed by atoms with E-state index in [1.165, 1.54) is 18.4 Å². The normalized spacial score (nSPS) is 23.5. The van der Waals surface area contributed by atoms with E-state index in [1.807, 2.05) is 11.8 Å². The van der Waals surface area contributed by atoms with Gasteiger partial charge in [-0.2, -0.15) is 11.8 Å². The summed E-state index contributed by atoms with van der Waals surface area (Å²) in [6.45, 7) is 4.25. The predicted molar refractivity (Wildman–Crippen MR) is 106 cm³/mol. The highest BCUT2D eigenvalue weighted by atomic mass is 32.2. The molecule has 5 heteroatoms. The molecule has 1 aromatic rings. The molecule has 4 nitrogen and oxygen atoms in total. The van der Waals surface area contributed by atoms with Crippen LogP contribution in [0.25, 0.3) is 0 Å². The molecule has 2 unspecified atom stereocenters. The first-order valence-corrected chi connectivity index (χ1v) is 10.8. The van der Waals surface area contributed by atoms with Crippen molar-refractivity contribution in [3.05, 3.63) is 35.9 Å². The number of hydrogen-bond donors (Lipinski definition) is 2. The van der Waals surface area contributed by atoms with Crippen LogP contribution in [0.15, 0.2) is 30.3 Å². The number of rotatable bonds is 7. The molecule has 2 aliphatic heterocycles. The van der Waals surface area contributed by atoms with Crippen LogP contribution in [0.4, 0.5) is 0 Å². The van der Waals surface area contributed by atoms with Crippen LogP contribution in [0.1, 0.15) is 37.7 Å². The van der Waals surface area contributed by atoms with Gasteiger partial charge in [0.25, 0.3) is 0 Å². The zero-order chi connectivity index (χ0) is 17.5. The van der Waals surface area contributed by atoms with Gasteiger partial charge < -0.3 is 10.6 Å². The smallest absolute Gasteiger partial charge is 0.221 e. The van der Waals surface area contributed by atoms with E-state index in [0.29, 0.717) is 23.8 Å². The molecular weight excluding hydrogens is 330 g/mol. The highest BCUT2D eigenvalue weighted by Crippen LogP contribution is 2.22. The van der Waals surface area contributed by atoms with Crippen LogP contribution in [0.5, 0.6) is 0 Å². The molecule has 0 aromatic heterocycles. The Hall–Kier alpha value is -1.04. The molecule has 2 heterocycles. The van der Waals surface area contributed by atoms with Crippen molar-refractivity contribution in [1.29, 1.82) is 0 Å². The lowest BCUT2D eigenvalue weighted by Gasteiger charge is -2.32. The molecule has 1 aromatic carbocycles. The number of benzene rings is 1. The molecule has 0 bridgehead atoms. The van der Waals surface area contributed by atoms with Crippen molar-refractivity contribution in [3.63, 3.8) is 0 Å². The number of amides is 1. The summed E-state index contributed by atoms with van der Waals surface area (Å²) in [5.74, 6) is 0.231. The average Bonchev–Trinajstić information content (AvgIpc) is 3.17. The summed E-state index contributed by atoms with van der Waals surface area (Å²) in [4.78, 5) is 14.9. The van der Waals surface area contributed by atoms with E-state index in [1.54, 1.807) is 0 Å². The molecule has 2 N–H and O–H groups in total. The number of nitrogens with one attached hydrogen (secondary N) is 2. The summed E-state index contributed by atoms with van der Waals surface area (Å²) < 4.78 is 0. The second-order valence-electron chi connectivity index (χ2n) is 7.28. The number of likely N-dealkylation sites (tertiary alicyclic amines) is 1. The Bertz CT molecular complexity index is 525. The molecule has 0 aliphatic carbocycles. The van der Waals surface area contributed by atoms with E-state index >= 15 is 0 Å². The summed E-state index contributed by atoms with van der Waals surface area (Å²) in [6.07, 6.45) is 7.33. The number of carbonyl (C=O) groups excluding carboxylic acids is 1. The molecule has 0 radical (unpaired) electrons. The average molecular weight is 362 g/mol. The second kappa shape index (κ2) is 9.60. The lowest BCUT2D eigenvalue weighted by atomic mass is 10.0. The van der Waals surface area contributed by atoms with Gasteiger partial charge in [-0.3, -0.25) is 9.69 Å². The van der Waals surface area contributed by atoms with Crippen LogP contribution in [0.2, 0.25) is 0 Å². The Morgan fingerprint density at radius 3 is 2.68 bits per heavy atom.